The lowest BCUT2D eigenvalue weighted by molar-refractivity contribution is 0.200. The summed E-state index contributed by atoms with van der Waals surface area (Å²) in [5.41, 5.74) is 3.01. The second kappa shape index (κ2) is 8.54. The molecule has 0 heterocycles. The van der Waals surface area contributed by atoms with Crippen LogP contribution in [0.4, 0.5) is 8.78 Å². The van der Waals surface area contributed by atoms with Crippen molar-refractivity contribution in [1.29, 1.82) is 0 Å². The average molecular weight is 369 g/mol. The maximum atomic E-state index is 13.4. The molecule has 2 saturated carbocycles. The van der Waals surface area contributed by atoms with Crippen molar-refractivity contribution >= 4 is 0 Å². The number of hydrogen-bond acceptors (Lipinski definition) is 0. The lowest BCUT2D eigenvalue weighted by Gasteiger charge is -2.32. The highest BCUT2D eigenvalue weighted by atomic mass is 19.2. The van der Waals surface area contributed by atoms with E-state index in [9.17, 15) is 8.78 Å². The van der Waals surface area contributed by atoms with E-state index in [1.807, 2.05) is 12.1 Å². The quantitative estimate of drug-likeness (QED) is 0.511. The first-order chi connectivity index (χ1) is 13.2. The zero-order valence-corrected chi connectivity index (χ0v) is 16.1. The highest BCUT2D eigenvalue weighted by Crippen LogP contribution is 2.41. The van der Waals surface area contributed by atoms with Gasteiger partial charge in [0.25, 0.3) is 0 Å². The van der Waals surface area contributed by atoms with Crippen molar-refractivity contribution in [2.24, 2.45) is 17.8 Å². The SMILES string of the molecule is Fc1ccc(-c2ccc(CC[C@H]3CC[C@H](C4CCCC4)CC3)cc2)cc1F. The minimum Gasteiger partial charge on any atom is -0.204 e. The molecular formula is C25H30F2. The van der Waals surface area contributed by atoms with Crippen molar-refractivity contribution in [2.75, 3.05) is 0 Å². The van der Waals surface area contributed by atoms with Crippen LogP contribution in [0.25, 0.3) is 11.1 Å². The topological polar surface area (TPSA) is 0 Å². The highest BCUT2D eigenvalue weighted by molar-refractivity contribution is 5.63. The molecule has 4 rings (SSSR count). The first-order valence-electron chi connectivity index (χ1n) is 10.7. The minimum atomic E-state index is -0.793. The average Bonchev–Trinajstić information content (AvgIpc) is 3.24. The Hall–Kier alpha value is -1.70. The Morgan fingerprint density at radius 3 is 1.96 bits per heavy atom. The number of benzene rings is 2. The Labute approximate surface area is 162 Å². The summed E-state index contributed by atoms with van der Waals surface area (Å²) in [5, 5.41) is 0. The van der Waals surface area contributed by atoms with Gasteiger partial charge in [0, 0.05) is 0 Å². The van der Waals surface area contributed by atoms with E-state index in [1.165, 1.54) is 75.5 Å². The van der Waals surface area contributed by atoms with Gasteiger partial charge in [-0.05, 0) is 72.3 Å². The summed E-state index contributed by atoms with van der Waals surface area (Å²) >= 11 is 0. The normalized spacial score (nSPS) is 23.6. The molecule has 2 aliphatic carbocycles. The fraction of sp³-hybridized carbons (Fsp3) is 0.520. The maximum Gasteiger partial charge on any atom is 0.159 e. The predicted molar refractivity (Wildman–Crippen MR) is 108 cm³/mol. The third-order valence-electron chi connectivity index (χ3n) is 7.01. The van der Waals surface area contributed by atoms with Crippen LogP contribution in [0.2, 0.25) is 0 Å². The van der Waals surface area contributed by atoms with Crippen LogP contribution in [0.15, 0.2) is 42.5 Å². The van der Waals surface area contributed by atoms with Crippen LogP contribution in [0, 0.1) is 29.4 Å². The molecule has 0 aromatic heterocycles. The van der Waals surface area contributed by atoms with E-state index in [-0.39, 0.29) is 0 Å². The van der Waals surface area contributed by atoms with Gasteiger partial charge < -0.3 is 0 Å². The van der Waals surface area contributed by atoms with Gasteiger partial charge in [-0.25, -0.2) is 8.78 Å². The molecular weight excluding hydrogens is 338 g/mol. The van der Waals surface area contributed by atoms with Crippen molar-refractivity contribution in [3.8, 4) is 11.1 Å². The first-order valence-corrected chi connectivity index (χ1v) is 10.7. The van der Waals surface area contributed by atoms with Crippen molar-refractivity contribution in [3.63, 3.8) is 0 Å². The third kappa shape index (κ3) is 4.59. The Balaban J connectivity index is 1.27. The van der Waals surface area contributed by atoms with Gasteiger partial charge >= 0.3 is 0 Å². The fourth-order valence-corrected chi connectivity index (χ4v) is 5.29. The van der Waals surface area contributed by atoms with Crippen molar-refractivity contribution in [1.82, 2.24) is 0 Å². The van der Waals surface area contributed by atoms with Gasteiger partial charge in [0.2, 0.25) is 0 Å². The predicted octanol–water partition coefficient (Wildman–Crippen LogP) is 7.56. The number of hydrogen-bond donors (Lipinski definition) is 0. The van der Waals surface area contributed by atoms with Crippen LogP contribution in [0.3, 0.4) is 0 Å². The molecule has 0 unspecified atom stereocenters. The van der Waals surface area contributed by atoms with E-state index < -0.39 is 11.6 Å². The number of rotatable bonds is 5. The van der Waals surface area contributed by atoms with Gasteiger partial charge in [0.05, 0.1) is 0 Å². The van der Waals surface area contributed by atoms with E-state index >= 15 is 0 Å². The molecule has 2 aromatic rings. The molecule has 2 aromatic carbocycles. The van der Waals surface area contributed by atoms with Gasteiger partial charge in [-0.1, -0.05) is 68.9 Å². The first kappa shape index (κ1) is 18.7. The standard InChI is InChI=1S/C25H30F2/c26-24-16-15-23(17-25(24)27)22-13-9-19(10-14-22)6-5-18-7-11-21(12-8-18)20-3-1-2-4-20/h9-10,13-18,20-21H,1-8,11-12H2/t18-,21-. The van der Waals surface area contributed by atoms with Crippen LogP contribution in [-0.2, 0) is 6.42 Å². The molecule has 0 atom stereocenters. The zero-order chi connectivity index (χ0) is 18.6. The molecule has 2 heteroatoms. The molecule has 0 aliphatic heterocycles. The highest BCUT2D eigenvalue weighted by Gasteiger charge is 2.29. The monoisotopic (exact) mass is 368 g/mol. The lowest BCUT2D eigenvalue weighted by Crippen LogP contribution is -2.20. The number of halogens is 2. The maximum absolute atomic E-state index is 13.4. The van der Waals surface area contributed by atoms with Crippen molar-refractivity contribution in [2.45, 2.75) is 64.2 Å². The van der Waals surface area contributed by atoms with Gasteiger partial charge in [-0.2, -0.15) is 0 Å². The van der Waals surface area contributed by atoms with Gasteiger partial charge in [-0.15, -0.1) is 0 Å². The molecule has 0 amide bonds. The van der Waals surface area contributed by atoms with Gasteiger partial charge in [0.15, 0.2) is 11.6 Å². The zero-order valence-electron chi connectivity index (χ0n) is 16.1. The van der Waals surface area contributed by atoms with Crippen LogP contribution in [0.5, 0.6) is 0 Å². The van der Waals surface area contributed by atoms with E-state index in [2.05, 4.69) is 12.1 Å². The molecule has 2 fully saturated rings. The van der Waals surface area contributed by atoms with Gasteiger partial charge in [0.1, 0.15) is 0 Å². The van der Waals surface area contributed by atoms with E-state index in [0.717, 1.165) is 35.3 Å². The summed E-state index contributed by atoms with van der Waals surface area (Å²) in [4.78, 5) is 0. The second-order valence-corrected chi connectivity index (χ2v) is 8.69. The van der Waals surface area contributed by atoms with E-state index in [4.69, 9.17) is 0 Å². The molecule has 27 heavy (non-hydrogen) atoms. The Kier molecular flexibility index (Phi) is 5.90. The molecule has 0 nitrogen and oxygen atoms in total. The summed E-state index contributed by atoms with van der Waals surface area (Å²) in [6.45, 7) is 0. The van der Waals surface area contributed by atoms with Crippen molar-refractivity contribution < 1.29 is 8.78 Å². The smallest absolute Gasteiger partial charge is 0.159 e. The van der Waals surface area contributed by atoms with E-state index in [0.29, 0.717) is 0 Å². The summed E-state index contributed by atoms with van der Waals surface area (Å²) in [5.74, 6) is 1.35. The molecule has 0 bridgehead atoms. The van der Waals surface area contributed by atoms with E-state index in [1.54, 1.807) is 6.07 Å². The van der Waals surface area contributed by atoms with Gasteiger partial charge in [-0.3, -0.25) is 0 Å². The number of aryl methyl sites for hydroxylation is 1. The largest absolute Gasteiger partial charge is 0.204 e. The van der Waals surface area contributed by atoms with Crippen LogP contribution >= 0.6 is 0 Å². The third-order valence-corrected chi connectivity index (χ3v) is 7.01. The summed E-state index contributed by atoms with van der Waals surface area (Å²) in [7, 11) is 0. The summed E-state index contributed by atoms with van der Waals surface area (Å²) in [6, 6.07) is 12.4. The summed E-state index contributed by atoms with van der Waals surface area (Å²) in [6.07, 6.45) is 14.0. The molecule has 0 radical (unpaired) electrons. The molecule has 0 spiro atoms. The summed E-state index contributed by atoms with van der Waals surface area (Å²) < 4.78 is 26.5. The molecule has 0 saturated heterocycles. The minimum absolute atomic E-state index is 0.727. The Bertz CT molecular complexity index is 735. The lowest BCUT2D eigenvalue weighted by atomic mass is 9.74. The van der Waals surface area contributed by atoms with Crippen LogP contribution in [0.1, 0.15) is 63.4 Å². The Morgan fingerprint density at radius 2 is 1.30 bits per heavy atom. The van der Waals surface area contributed by atoms with Crippen molar-refractivity contribution in [3.05, 3.63) is 59.7 Å². The second-order valence-electron chi connectivity index (χ2n) is 8.69. The van der Waals surface area contributed by atoms with Crippen LogP contribution in [-0.4, -0.2) is 0 Å². The molecule has 144 valence electrons. The molecule has 0 N–H and O–H groups in total. The molecule has 2 aliphatic rings. The van der Waals surface area contributed by atoms with Crippen LogP contribution < -0.4 is 0 Å². The fourth-order valence-electron chi connectivity index (χ4n) is 5.29. The Morgan fingerprint density at radius 1 is 0.667 bits per heavy atom.